The highest BCUT2D eigenvalue weighted by Gasteiger charge is 2.32. The molecule has 0 heterocycles. The van der Waals surface area contributed by atoms with Crippen molar-refractivity contribution in [2.75, 3.05) is 7.05 Å². The number of halogens is 1. The highest BCUT2D eigenvalue weighted by atomic mass is 79.9. The number of rotatable bonds is 3. The number of carbonyl (C=O) groups excluding carboxylic acids is 1. The van der Waals surface area contributed by atoms with Gasteiger partial charge in [0.2, 0.25) is 0 Å². The molecule has 0 radical (unpaired) electrons. The summed E-state index contributed by atoms with van der Waals surface area (Å²) in [6.07, 6.45) is -0.678. The lowest BCUT2D eigenvalue weighted by Gasteiger charge is -2.29. The van der Waals surface area contributed by atoms with Crippen LogP contribution in [0.15, 0.2) is 22.7 Å². The molecule has 0 saturated heterocycles. The Bertz CT molecular complexity index is 551. The number of nitrogens with zero attached hydrogens (tertiary/aromatic N) is 1. The Morgan fingerprint density at radius 2 is 1.90 bits per heavy atom. The summed E-state index contributed by atoms with van der Waals surface area (Å²) in [5.74, 6) is -1.12. The minimum absolute atomic E-state index is 0.501. The SMILES string of the molecule is Cc1ccc(C(C(=O)O)N(C)C(=O)OC(C)(C)C)c(Br)c1. The van der Waals surface area contributed by atoms with Crippen molar-refractivity contribution in [3.63, 3.8) is 0 Å². The van der Waals surface area contributed by atoms with Crippen LogP contribution in [0.4, 0.5) is 4.79 Å². The van der Waals surface area contributed by atoms with Crippen LogP contribution in [0.25, 0.3) is 0 Å². The molecule has 0 spiro atoms. The zero-order valence-corrected chi connectivity index (χ0v) is 14.4. The topological polar surface area (TPSA) is 66.8 Å². The maximum absolute atomic E-state index is 12.1. The molecule has 0 aromatic heterocycles. The van der Waals surface area contributed by atoms with Gasteiger partial charge in [0, 0.05) is 17.1 Å². The van der Waals surface area contributed by atoms with Crippen molar-refractivity contribution in [2.24, 2.45) is 0 Å². The molecule has 0 saturated carbocycles. The molecule has 1 aromatic rings. The Labute approximate surface area is 133 Å². The minimum Gasteiger partial charge on any atom is -0.479 e. The number of benzene rings is 1. The number of ether oxygens (including phenoxy) is 1. The van der Waals surface area contributed by atoms with E-state index >= 15 is 0 Å². The lowest BCUT2D eigenvalue weighted by molar-refractivity contribution is -0.143. The molecule has 21 heavy (non-hydrogen) atoms. The number of carbonyl (C=O) groups is 2. The first kappa shape index (κ1) is 17.5. The van der Waals surface area contributed by atoms with Crippen LogP contribution in [0.1, 0.15) is 37.9 Å². The van der Waals surface area contributed by atoms with Crippen LogP contribution in [0, 0.1) is 6.92 Å². The number of carboxylic acids is 1. The van der Waals surface area contributed by atoms with Gasteiger partial charge < -0.3 is 9.84 Å². The summed E-state index contributed by atoms with van der Waals surface area (Å²) in [4.78, 5) is 24.7. The molecular weight excluding hydrogens is 338 g/mol. The molecular formula is C15H20BrNO4. The van der Waals surface area contributed by atoms with Gasteiger partial charge in [-0.2, -0.15) is 0 Å². The maximum atomic E-state index is 12.1. The third kappa shape index (κ3) is 4.74. The molecule has 1 atom stereocenters. The number of aliphatic carboxylic acids is 1. The average Bonchev–Trinajstić information content (AvgIpc) is 2.29. The predicted octanol–water partition coefficient (Wildman–Crippen LogP) is 3.75. The van der Waals surface area contributed by atoms with E-state index in [-0.39, 0.29) is 0 Å². The van der Waals surface area contributed by atoms with Crippen molar-refractivity contribution in [3.8, 4) is 0 Å². The van der Waals surface area contributed by atoms with Gasteiger partial charge in [-0.15, -0.1) is 0 Å². The van der Waals surface area contributed by atoms with Crippen LogP contribution in [-0.4, -0.2) is 34.7 Å². The van der Waals surface area contributed by atoms with Crippen LogP contribution in [0.2, 0.25) is 0 Å². The molecule has 0 bridgehead atoms. The van der Waals surface area contributed by atoms with E-state index in [9.17, 15) is 14.7 Å². The van der Waals surface area contributed by atoms with Crippen molar-refractivity contribution in [2.45, 2.75) is 39.3 Å². The number of hydrogen-bond acceptors (Lipinski definition) is 3. The van der Waals surface area contributed by atoms with Gasteiger partial charge in [0.25, 0.3) is 0 Å². The van der Waals surface area contributed by atoms with Crippen molar-refractivity contribution in [3.05, 3.63) is 33.8 Å². The van der Waals surface area contributed by atoms with Gasteiger partial charge >= 0.3 is 12.1 Å². The fraction of sp³-hybridized carbons (Fsp3) is 0.467. The molecule has 0 fully saturated rings. The first-order valence-electron chi connectivity index (χ1n) is 6.47. The van der Waals surface area contributed by atoms with E-state index in [0.29, 0.717) is 10.0 Å². The van der Waals surface area contributed by atoms with Gasteiger partial charge in [-0.05, 0) is 39.3 Å². The second-order valence-corrected chi connectivity index (χ2v) is 6.71. The number of aryl methyl sites for hydroxylation is 1. The maximum Gasteiger partial charge on any atom is 0.411 e. The van der Waals surface area contributed by atoms with E-state index in [1.807, 2.05) is 13.0 Å². The Kier molecular flexibility index (Phi) is 5.39. The monoisotopic (exact) mass is 357 g/mol. The van der Waals surface area contributed by atoms with Crippen LogP contribution < -0.4 is 0 Å². The van der Waals surface area contributed by atoms with Crippen LogP contribution in [0.3, 0.4) is 0 Å². The zero-order chi connectivity index (χ0) is 16.4. The number of amides is 1. The van der Waals surface area contributed by atoms with Crippen LogP contribution in [-0.2, 0) is 9.53 Å². The largest absolute Gasteiger partial charge is 0.479 e. The Morgan fingerprint density at radius 1 is 1.33 bits per heavy atom. The standard InChI is InChI=1S/C15H20BrNO4/c1-9-6-7-10(11(16)8-9)12(13(18)19)17(5)14(20)21-15(2,3)4/h6-8,12H,1-5H3,(H,18,19). The molecule has 0 aliphatic rings. The van der Waals surface area contributed by atoms with Gasteiger partial charge in [-0.25, -0.2) is 9.59 Å². The lowest BCUT2D eigenvalue weighted by Crippen LogP contribution is -2.39. The van der Waals surface area contributed by atoms with E-state index in [2.05, 4.69) is 15.9 Å². The van der Waals surface area contributed by atoms with Gasteiger partial charge in [-0.1, -0.05) is 28.1 Å². The van der Waals surface area contributed by atoms with Crippen molar-refractivity contribution < 1.29 is 19.4 Å². The van der Waals surface area contributed by atoms with E-state index in [0.717, 1.165) is 10.5 Å². The molecule has 1 unspecified atom stereocenters. The lowest BCUT2D eigenvalue weighted by atomic mass is 10.0. The van der Waals surface area contributed by atoms with E-state index in [4.69, 9.17) is 4.74 Å². The number of hydrogen-bond donors (Lipinski definition) is 1. The van der Waals surface area contributed by atoms with Crippen molar-refractivity contribution >= 4 is 28.0 Å². The quantitative estimate of drug-likeness (QED) is 0.894. The molecule has 1 rings (SSSR count). The zero-order valence-electron chi connectivity index (χ0n) is 12.8. The summed E-state index contributed by atoms with van der Waals surface area (Å²) < 4.78 is 5.87. The van der Waals surface area contributed by atoms with Gasteiger partial charge in [-0.3, -0.25) is 4.90 Å². The van der Waals surface area contributed by atoms with E-state index in [1.165, 1.54) is 7.05 Å². The molecule has 116 valence electrons. The van der Waals surface area contributed by atoms with Gasteiger partial charge in [0.15, 0.2) is 6.04 Å². The summed E-state index contributed by atoms with van der Waals surface area (Å²) in [6.45, 7) is 7.10. The van der Waals surface area contributed by atoms with Crippen LogP contribution in [0.5, 0.6) is 0 Å². The molecule has 0 aliphatic heterocycles. The van der Waals surface area contributed by atoms with Crippen molar-refractivity contribution in [1.29, 1.82) is 0 Å². The molecule has 0 aliphatic carbocycles. The normalized spacial score (nSPS) is 12.7. The fourth-order valence-electron chi connectivity index (χ4n) is 1.80. The molecule has 6 heteroatoms. The second-order valence-electron chi connectivity index (χ2n) is 5.86. The first-order chi connectivity index (χ1) is 9.53. The molecule has 5 nitrogen and oxygen atoms in total. The summed E-state index contributed by atoms with van der Waals surface area (Å²) in [5, 5.41) is 9.47. The number of likely N-dealkylation sites (N-methyl/N-ethyl adjacent to an activating group) is 1. The summed E-state index contributed by atoms with van der Waals surface area (Å²) in [6, 6.07) is 4.20. The highest BCUT2D eigenvalue weighted by molar-refractivity contribution is 9.10. The number of carboxylic acid groups (broad SMARTS) is 1. The first-order valence-corrected chi connectivity index (χ1v) is 7.27. The molecule has 1 amide bonds. The Morgan fingerprint density at radius 3 is 2.33 bits per heavy atom. The van der Waals surface area contributed by atoms with Crippen molar-refractivity contribution in [1.82, 2.24) is 4.90 Å². The van der Waals surface area contributed by atoms with E-state index in [1.54, 1.807) is 32.9 Å². The van der Waals surface area contributed by atoms with Gasteiger partial charge in [0.1, 0.15) is 5.60 Å². The Balaban J connectivity index is 3.12. The summed E-state index contributed by atoms with van der Waals surface area (Å²) in [7, 11) is 1.42. The predicted molar refractivity (Wildman–Crippen MR) is 83.3 cm³/mol. The highest BCUT2D eigenvalue weighted by Crippen LogP contribution is 2.29. The third-order valence-electron chi connectivity index (χ3n) is 2.75. The van der Waals surface area contributed by atoms with E-state index < -0.39 is 23.7 Å². The summed E-state index contributed by atoms with van der Waals surface area (Å²) in [5.41, 5.74) is 0.815. The summed E-state index contributed by atoms with van der Waals surface area (Å²) >= 11 is 3.35. The Hall–Kier alpha value is -1.56. The smallest absolute Gasteiger partial charge is 0.411 e. The fourth-order valence-corrected chi connectivity index (χ4v) is 2.51. The molecule has 1 N–H and O–H groups in total. The van der Waals surface area contributed by atoms with Gasteiger partial charge in [0.05, 0.1) is 0 Å². The third-order valence-corrected chi connectivity index (χ3v) is 3.44. The average molecular weight is 358 g/mol. The van der Waals surface area contributed by atoms with Crippen LogP contribution >= 0.6 is 15.9 Å². The minimum atomic E-state index is -1.12. The second kappa shape index (κ2) is 6.47. The molecule has 1 aromatic carbocycles.